The molecule has 4 nitrogen and oxygen atoms in total. The lowest BCUT2D eigenvalue weighted by Crippen LogP contribution is -2.49. The third-order valence-electron chi connectivity index (χ3n) is 6.80. The summed E-state index contributed by atoms with van der Waals surface area (Å²) in [6.45, 7) is 11.0. The van der Waals surface area contributed by atoms with Crippen molar-refractivity contribution in [3.05, 3.63) is 0 Å². The molecule has 144 valence electrons. The molecule has 3 fully saturated rings. The molecule has 2 saturated heterocycles. The highest BCUT2D eigenvalue weighted by Gasteiger charge is 2.35. The molecule has 0 aromatic rings. The lowest BCUT2D eigenvalue weighted by Gasteiger charge is -2.38. The average Bonchev–Trinajstić information content (AvgIpc) is 3.04. The first kappa shape index (κ1) is 19.2. The van der Waals surface area contributed by atoms with E-state index in [1.54, 1.807) is 0 Å². The maximum absolute atomic E-state index is 12.9. The monoisotopic (exact) mass is 350 g/mol. The van der Waals surface area contributed by atoms with Crippen LogP contribution < -0.4 is 5.32 Å². The zero-order valence-electron chi connectivity index (χ0n) is 16.6. The second-order valence-electron chi connectivity index (χ2n) is 9.63. The lowest BCUT2D eigenvalue weighted by molar-refractivity contribution is -0.126. The molecule has 2 heterocycles. The Labute approximate surface area is 154 Å². The lowest BCUT2D eigenvalue weighted by atomic mass is 9.71. The molecular formula is C21H38N2O2. The fraction of sp³-hybridized carbons (Fsp3) is 0.952. The fourth-order valence-corrected chi connectivity index (χ4v) is 5.00. The van der Waals surface area contributed by atoms with Crippen LogP contribution in [0.2, 0.25) is 0 Å². The van der Waals surface area contributed by atoms with Gasteiger partial charge < -0.3 is 10.1 Å². The molecule has 1 aliphatic carbocycles. The van der Waals surface area contributed by atoms with Crippen LogP contribution in [0.5, 0.6) is 0 Å². The van der Waals surface area contributed by atoms with E-state index in [0.717, 1.165) is 70.7 Å². The van der Waals surface area contributed by atoms with Gasteiger partial charge in [-0.15, -0.1) is 0 Å². The van der Waals surface area contributed by atoms with Crippen LogP contribution in [-0.4, -0.2) is 49.2 Å². The van der Waals surface area contributed by atoms with Crippen LogP contribution >= 0.6 is 0 Å². The summed E-state index contributed by atoms with van der Waals surface area (Å²) in [4.78, 5) is 15.3. The van der Waals surface area contributed by atoms with Crippen LogP contribution in [0.4, 0.5) is 0 Å². The first-order valence-corrected chi connectivity index (χ1v) is 10.6. The minimum absolute atomic E-state index is 0.114. The molecule has 3 aliphatic rings. The minimum Gasteiger partial charge on any atom is -0.381 e. The van der Waals surface area contributed by atoms with Gasteiger partial charge in [-0.3, -0.25) is 9.69 Å². The molecule has 1 saturated carbocycles. The average molecular weight is 351 g/mol. The van der Waals surface area contributed by atoms with E-state index in [4.69, 9.17) is 4.74 Å². The number of ether oxygens (including phenoxy) is 1. The molecule has 4 heteroatoms. The molecule has 1 amide bonds. The van der Waals surface area contributed by atoms with Crippen LogP contribution in [0.25, 0.3) is 0 Å². The zero-order chi connectivity index (χ0) is 17.9. The van der Waals surface area contributed by atoms with Gasteiger partial charge >= 0.3 is 0 Å². The summed E-state index contributed by atoms with van der Waals surface area (Å²) < 4.78 is 5.47. The molecule has 1 N–H and O–H groups in total. The Morgan fingerprint density at radius 3 is 2.36 bits per heavy atom. The number of nitrogens with one attached hydrogen (secondary N) is 1. The van der Waals surface area contributed by atoms with Crippen LogP contribution in [-0.2, 0) is 9.53 Å². The Morgan fingerprint density at radius 1 is 1.04 bits per heavy atom. The standard InChI is InChI=1S/C21H38N2O2/c1-21(2,3)17-6-8-18(9-7-17)22-20(24)19-5-4-12-23(19)15-16-10-13-25-14-11-16/h16-19H,4-15H2,1-3H3,(H,22,24). The van der Waals surface area contributed by atoms with E-state index in [1.165, 1.54) is 12.8 Å². The van der Waals surface area contributed by atoms with Crippen molar-refractivity contribution in [2.45, 2.75) is 84.2 Å². The summed E-state index contributed by atoms with van der Waals surface area (Å²) in [5, 5.41) is 3.39. The first-order chi connectivity index (χ1) is 11.9. The largest absolute Gasteiger partial charge is 0.381 e. The molecule has 2 aliphatic heterocycles. The number of hydrogen-bond donors (Lipinski definition) is 1. The van der Waals surface area contributed by atoms with Crippen LogP contribution in [0, 0.1) is 17.3 Å². The van der Waals surface area contributed by atoms with E-state index in [1.807, 2.05) is 0 Å². The molecule has 0 bridgehead atoms. The van der Waals surface area contributed by atoms with Gasteiger partial charge in [0.05, 0.1) is 6.04 Å². The van der Waals surface area contributed by atoms with Gasteiger partial charge in [-0.25, -0.2) is 0 Å². The van der Waals surface area contributed by atoms with Crippen molar-refractivity contribution in [2.24, 2.45) is 17.3 Å². The van der Waals surface area contributed by atoms with Gasteiger partial charge in [-0.1, -0.05) is 20.8 Å². The van der Waals surface area contributed by atoms with Crippen molar-refractivity contribution in [2.75, 3.05) is 26.3 Å². The Morgan fingerprint density at radius 2 is 1.72 bits per heavy atom. The number of amides is 1. The number of nitrogens with zero attached hydrogens (tertiary/aromatic N) is 1. The third kappa shape index (κ3) is 5.19. The van der Waals surface area contributed by atoms with Crippen molar-refractivity contribution in [1.82, 2.24) is 10.2 Å². The fourth-order valence-electron chi connectivity index (χ4n) is 5.00. The predicted octanol–water partition coefficient (Wildman–Crippen LogP) is 3.60. The van der Waals surface area contributed by atoms with E-state index in [9.17, 15) is 4.79 Å². The molecule has 0 aromatic heterocycles. The van der Waals surface area contributed by atoms with Crippen molar-refractivity contribution in [3.8, 4) is 0 Å². The van der Waals surface area contributed by atoms with Crippen molar-refractivity contribution in [1.29, 1.82) is 0 Å². The molecule has 1 unspecified atom stereocenters. The second-order valence-corrected chi connectivity index (χ2v) is 9.63. The Kier molecular flexibility index (Phi) is 6.43. The highest BCUT2D eigenvalue weighted by molar-refractivity contribution is 5.82. The third-order valence-corrected chi connectivity index (χ3v) is 6.80. The Balaban J connectivity index is 1.45. The van der Waals surface area contributed by atoms with Crippen molar-refractivity contribution >= 4 is 5.91 Å². The summed E-state index contributed by atoms with van der Waals surface area (Å²) in [5.41, 5.74) is 0.404. The first-order valence-electron chi connectivity index (χ1n) is 10.6. The van der Waals surface area contributed by atoms with E-state index in [0.29, 0.717) is 23.3 Å². The maximum Gasteiger partial charge on any atom is 0.237 e. The van der Waals surface area contributed by atoms with Gasteiger partial charge in [0, 0.05) is 25.8 Å². The summed E-state index contributed by atoms with van der Waals surface area (Å²) in [7, 11) is 0. The van der Waals surface area contributed by atoms with Crippen molar-refractivity contribution < 1.29 is 9.53 Å². The molecular weight excluding hydrogens is 312 g/mol. The van der Waals surface area contributed by atoms with E-state index < -0.39 is 0 Å². The summed E-state index contributed by atoms with van der Waals surface area (Å²) in [6, 6.07) is 0.514. The molecule has 0 radical (unpaired) electrons. The number of rotatable bonds is 4. The molecule has 25 heavy (non-hydrogen) atoms. The summed E-state index contributed by atoms with van der Waals surface area (Å²) in [6.07, 6.45) is 9.32. The number of hydrogen-bond acceptors (Lipinski definition) is 3. The van der Waals surface area contributed by atoms with Gasteiger partial charge in [0.15, 0.2) is 0 Å². The number of carbonyl (C=O) groups is 1. The normalized spacial score (nSPS) is 32.7. The van der Waals surface area contributed by atoms with E-state index >= 15 is 0 Å². The van der Waals surface area contributed by atoms with Crippen LogP contribution in [0.15, 0.2) is 0 Å². The second kappa shape index (κ2) is 8.39. The number of likely N-dealkylation sites (tertiary alicyclic amines) is 1. The van der Waals surface area contributed by atoms with E-state index in [-0.39, 0.29) is 6.04 Å². The van der Waals surface area contributed by atoms with Crippen LogP contribution in [0.1, 0.15) is 72.1 Å². The van der Waals surface area contributed by atoms with Crippen LogP contribution in [0.3, 0.4) is 0 Å². The maximum atomic E-state index is 12.9. The van der Waals surface area contributed by atoms with E-state index in [2.05, 4.69) is 31.0 Å². The summed E-state index contributed by atoms with van der Waals surface area (Å²) >= 11 is 0. The van der Waals surface area contributed by atoms with Gasteiger partial charge in [0.1, 0.15) is 0 Å². The van der Waals surface area contributed by atoms with Gasteiger partial charge in [0.25, 0.3) is 0 Å². The predicted molar refractivity (Wildman–Crippen MR) is 101 cm³/mol. The number of carbonyl (C=O) groups excluding carboxylic acids is 1. The molecule has 0 spiro atoms. The zero-order valence-corrected chi connectivity index (χ0v) is 16.6. The summed E-state index contributed by atoms with van der Waals surface area (Å²) in [5.74, 6) is 1.81. The minimum atomic E-state index is 0.114. The van der Waals surface area contributed by atoms with Gasteiger partial charge in [-0.05, 0) is 75.2 Å². The SMILES string of the molecule is CC(C)(C)C1CCC(NC(=O)C2CCCN2CC2CCOCC2)CC1. The van der Waals surface area contributed by atoms with Gasteiger partial charge in [-0.2, -0.15) is 0 Å². The van der Waals surface area contributed by atoms with Crippen molar-refractivity contribution in [3.63, 3.8) is 0 Å². The molecule has 3 rings (SSSR count). The quantitative estimate of drug-likeness (QED) is 0.842. The highest BCUT2D eigenvalue weighted by atomic mass is 16.5. The topological polar surface area (TPSA) is 41.6 Å². The highest BCUT2D eigenvalue weighted by Crippen LogP contribution is 2.37. The van der Waals surface area contributed by atoms with Gasteiger partial charge in [0.2, 0.25) is 5.91 Å². The Hall–Kier alpha value is -0.610. The Bertz CT molecular complexity index is 432. The molecule has 0 aromatic carbocycles. The smallest absolute Gasteiger partial charge is 0.237 e. The molecule has 1 atom stereocenters.